The van der Waals surface area contributed by atoms with Crippen LogP contribution in [0.2, 0.25) is 0 Å². The molecule has 6 heteroatoms. The van der Waals surface area contributed by atoms with E-state index in [0.717, 1.165) is 0 Å². The van der Waals surface area contributed by atoms with E-state index in [-0.39, 0.29) is 11.3 Å². The lowest BCUT2D eigenvalue weighted by Crippen LogP contribution is -2.36. The largest absolute Gasteiger partial charge is 0.372 e. The first kappa shape index (κ1) is 12.7. The van der Waals surface area contributed by atoms with Crippen molar-refractivity contribution >= 4 is 11.6 Å². The van der Waals surface area contributed by atoms with Crippen molar-refractivity contribution in [3.05, 3.63) is 65.0 Å². The van der Waals surface area contributed by atoms with Gasteiger partial charge in [-0.25, -0.2) is 13.2 Å². The van der Waals surface area contributed by atoms with E-state index in [2.05, 4.69) is 5.32 Å². The van der Waals surface area contributed by atoms with E-state index in [0.29, 0.717) is 12.1 Å². The molecule has 1 amide bonds. The molecule has 0 saturated carbocycles. The first-order valence-corrected chi connectivity index (χ1v) is 5.73. The van der Waals surface area contributed by atoms with Crippen molar-refractivity contribution in [2.75, 3.05) is 5.32 Å². The Morgan fingerprint density at radius 3 is 2.50 bits per heavy atom. The predicted octanol–water partition coefficient (Wildman–Crippen LogP) is 2.29. The summed E-state index contributed by atoms with van der Waals surface area (Å²) in [5.74, 6) is -4.96. The quantitative estimate of drug-likeness (QED) is 0.787. The highest BCUT2D eigenvalue weighted by Crippen LogP contribution is 2.42. The van der Waals surface area contributed by atoms with Crippen molar-refractivity contribution < 1.29 is 23.1 Å². The van der Waals surface area contributed by atoms with Crippen LogP contribution in [-0.4, -0.2) is 11.0 Å². The minimum Gasteiger partial charge on any atom is -0.372 e. The van der Waals surface area contributed by atoms with E-state index < -0.39 is 34.5 Å². The second kappa shape index (κ2) is 4.08. The van der Waals surface area contributed by atoms with Crippen molar-refractivity contribution in [3.8, 4) is 0 Å². The maximum atomic E-state index is 13.9. The van der Waals surface area contributed by atoms with E-state index in [4.69, 9.17) is 0 Å². The zero-order valence-electron chi connectivity index (χ0n) is 9.95. The summed E-state index contributed by atoms with van der Waals surface area (Å²) in [5.41, 5.74) is -2.89. The monoisotopic (exact) mass is 279 g/mol. The molecule has 3 rings (SSSR count). The molecule has 1 aliphatic rings. The van der Waals surface area contributed by atoms with Crippen LogP contribution < -0.4 is 5.32 Å². The fraction of sp³-hybridized carbons (Fsp3) is 0.0714. The minimum absolute atomic E-state index is 0.0499. The van der Waals surface area contributed by atoms with Crippen molar-refractivity contribution in [3.63, 3.8) is 0 Å². The number of nitrogens with one attached hydrogen (secondary N) is 1. The number of para-hydroxylation sites is 1. The summed E-state index contributed by atoms with van der Waals surface area (Å²) in [5, 5.41) is 12.9. The number of carbonyl (C=O) groups excluding carboxylic acids is 1. The van der Waals surface area contributed by atoms with Gasteiger partial charge in [0.15, 0.2) is 17.2 Å². The Morgan fingerprint density at radius 2 is 1.75 bits per heavy atom. The number of carbonyl (C=O) groups is 1. The maximum absolute atomic E-state index is 13.9. The van der Waals surface area contributed by atoms with Gasteiger partial charge in [0.25, 0.3) is 5.91 Å². The third-order valence-electron chi connectivity index (χ3n) is 3.28. The summed E-state index contributed by atoms with van der Waals surface area (Å²) in [6.07, 6.45) is 0. The summed E-state index contributed by atoms with van der Waals surface area (Å²) in [6.45, 7) is 0. The summed E-state index contributed by atoms with van der Waals surface area (Å²) in [6, 6.07) is 6.97. The molecule has 0 aliphatic carbocycles. The van der Waals surface area contributed by atoms with Crippen LogP contribution in [-0.2, 0) is 10.4 Å². The number of halogens is 3. The first-order valence-electron chi connectivity index (χ1n) is 5.73. The summed E-state index contributed by atoms with van der Waals surface area (Å²) >= 11 is 0. The van der Waals surface area contributed by atoms with E-state index in [1.54, 1.807) is 6.07 Å². The van der Waals surface area contributed by atoms with Gasteiger partial charge >= 0.3 is 0 Å². The minimum atomic E-state index is -2.45. The Morgan fingerprint density at radius 1 is 1.05 bits per heavy atom. The number of amides is 1. The second-order valence-corrected chi connectivity index (χ2v) is 4.46. The van der Waals surface area contributed by atoms with Crippen LogP contribution in [0.5, 0.6) is 0 Å². The number of hydrogen-bond donors (Lipinski definition) is 2. The van der Waals surface area contributed by atoms with Crippen LogP contribution in [0.25, 0.3) is 0 Å². The van der Waals surface area contributed by atoms with Gasteiger partial charge in [0, 0.05) is 22.9 Å². The molecular weight excluding hydrogens is 271 g/mol. The van der Waals surface area contributed by atoms with E-state index in [1.807, 2.05) is 0 Å². The van der Waals surface area contributed by atoms with Gasteiger partial charge in [0.05, 0.1) is 0 Å². The number of hydrogen-bond acceptors (Lipinski definition) is 2. The van der Waals surface area contributed by atoms with Crippen molar-refractivity contribution in [2.24, 2.45) is 0 Å². The average molecular weight is 279 g/mol. The Kier molecular flexibility index (Phi) is 2.58. The van der Waals surface area contributed by atoms with Crippen LogP contribution in [0.3, 0.4) is 0 Å². The van der Waals surface area contributed by atoms with Gasteiger partial charge in [-0.3, -0.25) is 4.79 Å². The molecule has 0 radical (unpaired) electrons. The number of benzene rings is 2. The number of anilines is 1. The van der Waals surface area contributed by atoms with Gasteiger partial charge in [-0.15, -0.1) is 0 Å². The summed E-state index contributed by atoms with van der Waals surface area (Å²) in [7, 11) is 0. The second-order valence-electron chi connectivity index (χ2n) is 4.46. The van der Waals surface area contributed by atoms with Gasteiger partial charge in [0.2, 0.25) is 0 Å². The topological polar surface area (TPSA) is 49.3 Å². The third-order valence-corrected chi connectivity index (χ3v) is 3.28. The zero-order valence-corrected chi connectivity index (χ0v) is 9.95. The molecule has 0 spiro atoms. The molecule has 1 heterocycles. The van der Waals surface area contributed by atoms with E-state index >= 15 is 0 Å². The molecule has 3 nitrogen and oxygen atoms in total. The lowest BCUT2D eigenvalue weighted by molar-refractivity contribution is -0.130. The predicted molar refractivity (Wildman–Crippen MR) is 64.4 cm³/mol. The first-order chi connectivity index (χ1) is 9.44. The van der Waals surface area contributed by atoms with Crippen molar-refractivity contribution in [1.29, 1.82) is 0 Å². The third kappa shape index (κ3) is 1.55. The van der Waals surface area contributed by atoms with Gasteiger partial charge in [-0.05, 0) is 12.1 Å². The molecule has 1 unspecified atom stereocenters. The van der Waals surface area contributed by atoms with Crippen molar-refractivity contribution in [1.82, 2.24) is 0 Å². The molecule has 0 bridgehead atoms. The smallest absolute Gasteiger partial charge is 0.265 e. The molecule has 102 valence electrons. The Balaban J connectivity index is 2.31. The summed E-state index contributed by atoms with van der Waals surface area (Å²) < 4.78 is 40.5. The van der Waals surface area contributed by atoms with Crippen LogP contribution in [0.4, 0.5) is 18.9 Å². The molecule has 0 aromatic heterocycles. The number of aliphatic hydroxyl groups is 1. The van der Waals surface area contributed by atoms with Crippen LogP contribution in [0.15, 0.2) is 36.4 Å². The fourth-order valence-corrected chi connectivity index (χ4v) is 2.33. The fourth-order valence-electron chi connectivity index (χ4n) is 2.33. The van der Waals surface area contributed by atoms with E-state index in [1.165, 1.54) is 18.2 Å². The molecule has 1 atom stereocenters. The van der Waals surface area contributed by atoms with E-state index in [9.17, 15) is 23.1 Å². The van der Waals surface area contributed by atoms with Crippen LogP contribution in [0.1, 0.15) is 11.1 Å². The molecular formula is C14H8F3NO2. The van der Waals surface area contributed by atoms with Gasteiger partial charge in [-0.2, -0.15) is 0 Å². The molecule has 0 saturated heterocycles. The van der Waals surface area contributed by atoms with Gasteiger partial charge < -0.3 is 10.4 Å². The highest BCUT2D eigenvalue weighted by Gasteiger charge is 2.49. The number of fused-ring (bicyclic) bond motifs is 1. The maximum Gasteiger partial charge on any atom is 0.265 e. The van der Waals surface area contributed by atoms with Gasteiger partial charge in [0.1, 0.15) is 5.82 Å². The highest BCUT2D eigenvalue weighted by molar-refractivity contribution is 6.07. The lowest BCUT2D eigenvalue weighted by Gasteiger charge is -2.22. The van der Waals surface area contributed by atoms with Crippen LogP contribution in [0, 0.1) is 17.5 Å². The molecule has 2 aromatic rings. The molecule has 2 N–H and O–H groups in total. The Hall–Kier alpha value is -2.34. The normalized spacial score (nSPS) is 20.7. The molecule has 2 aromatic carbocycles. The van der Waals surface area contributed by atoms with Crippen LogP contribution >= 0.6 is 0 Å². The Bertz CT molecular complexity index is 732. The van der Waals surface area contributed by atoms with Crippen molar-refractivity contribution in [2.45, 2.75) is 5.60 Å². The SMILES string of the molecule is O=C1Nc2ccccc2C1(O)c1cc(F)cc(F)c1F. The van der Waals surface area contributed by atoms with Gasteiger partial charge in [-0.1, -0.05) is 18.2 Å². The standard InChI is InChI=1S/C14H8F3NO2/c15-7-5-9(12(17)10(16)6-7)14(20)8-3-1-2-4-11(8)18-13(14)19/h1-6,20H,(H,18,19). The summed E-state index contributed by atoms with van der Waals surface area (Å²) in [4.78, 5) is 12.0. The highest BCUT2D eigenvalue weighted by atomic mass is 19.2. The number of rotatable bonds is 1. The molecule has 1 aliphatic heterocycles. The lowest BCUT2D eigenvalue weighted by atomic mass is 9.87. The molecule has 0 fully saturated rings. The zero-order chi connectivity index (χ0) is 14.5. The molecule has 20 heavy (non-hydrogen) atoms. The Labute approximate surface area is 111 Å². The average Bonchev–Trinajstić information content (AvgIpc) is 2.67.